The number of aromatic nitrogens is 2. The summed E-state index contributed by atoms with van der Waals surface area (Å²) in [7, 11) is 1.27. The fourth-order valence-electron chi connectivity index (χ4n) is 4.89. The summed E-state index contributed by atoms with van der Waals surface area (Å²) in [6, 6.07) is 7.25. The lowest BCUT2D eigenvalue weighted by molar-refractivity contribution is -0.127. The average molecular weight is 453 g/mol. The van der Waals surface area contributed by atoms with Crippen LogP contribution in [-0.2, 0) is 16.1 Å². The Morgan fingerprint density at radius 2 is 1.88 bits per heavy atom. The summed E-state index contributed by atoms with van der Waals surface area (Å²) in [4.78, 5) is 41.2. The number of nitrogens with zero attached hydrogens (tertiary/aromatic N) is 3. The van der Waals surface area contributed by atoms with E-state index in [1.54, 1.807) is 11.8 Å². The molecule has 1 aliphatic carbocycles. The van der Waals surface area contributed by atoms with Crippen LogP contribution in [0.4, 0.5) is 5.69 Å². The number of hydrogen-bond donors (Lipinski definition) is 1. The monoisotopic (exact) mass is 452 g/mol. The summed E-state index contributed by atoms with van der Waals surface area (Å²) in [6.07, 6.45) is 4.01. The van der Waals surface area contributed by atoms with Gasteiger partial charge in [0.15, 0.2) is 5.69 Å². The fourth-order valence-corrected chi connectivity index (χ4v) is 4.89. The van der Waals surface area contributed by atoms with Gasteiger partial charge >= 0.3 is 5.97 Å². The highest BCUT2D eigenvalue weighted by Gasteiger charge is 2.50. The van der Waals surface area contributed by atoms with E-state index in [-0.39, 0.29) is 35.8 Å². The Morgan fingerprint density at radius 3 is 2.55 bits per heavy atom. The van der Waals surface area contributed by atoms with Gasteiger partial charge in [-0.25, -0.2) is 4.79 Å². The number of benzene rings is 1. The summed E-state index contributed by atoms with van der Waals surface area (Å²) in [5.41, 5.74) is 1.73. The number of anilines is 1. The number of esters is 1. The molecule has 2 heterocycles. The van der Waals surface area contributed by atoms with Crippen molar-refractivity contribution in [2.75, 3.05) is 12.0 Å². The van der Waals surface area contributed by atoms with Crippen molar-refractivity contribution in [1.29, 1.82) is 0 Å². The fraction of sp³-hybridized carbons (Fsp3) is 0.520. The summed E-state index contributed by atoms with van der Waals surface area (Å²) in [5, 5.41) is 7.50. The minimum absolute atomic E-state index is 0.0488. The quantitative estimate of drug-likeness (QED) is 0.718. The van der Waals surface area contributed by atoms with Crippen molar-refractivity contribution in [2.45, 2.75) is 71.5 Å². The third-order valence-electron chi connectivity index (χ3n) is 7.21. The second kappa shape index (κ2) is 8.65. The Hall–Kier alpha value is -3.16. The Balaban J connectivity index is 1.77. The highest BCUT2D eigenvalue weighted by atomic mass is 16.5. The summed E-state index contributed by atoms with van der Waals surface area (Å²) < 4.78 is 6.24. The van der Waals surface area contributed by atoms with E-state index >= 15 is 0 Å². The smallest absolute Gasteiger partial charge is 0.358 e. The SMILES string of the molecule is COC(=O)c1cc2n(n1)C[C@](C)(C(=O)NC1CCC(C)CC1)N(c1cccc(C)c1C)C2=O. The molecule has 1 aliphatic heterocycles. The Kier molecular flexibility index (Phi) is 6.03. The number of carbonyl (C=O) groups is 3. The van der Waals surface area contributed by atoms with Crippen LogP contribution in [0.3, 0.4) is 0 Å². The highest BCUT2D eigenvalue weighted by Crippen LogP contribution is 2.36. The lowest BCUT2D eigenvalue weighted by Gasteiger charge is -2.44. The van der Waals surface area contributed by atoms with Gasteiger partial charge in [0.25, 0.3) is 5.91 Å². The van der Waals surface area contributed by atoms with Crippen LogP contribution >= 0.6 is 0 Å². The van der Waals surface area contributed by atoms with E-state index in [9.17, 15) is 14.4 Å². The number of amides is 2. The summed E-state index contributed by atoms with van der Waals surface area (Å²) >= 11 is 0. The molecular weight excluding hydrogens is 420 g/mol. The van der Waals surface area contributed by atoms with Gasteiger partial charge in [-0.2, -0.15) is 5.10 Å². The maximum absolute atomic E-state index is 13.8. The van der Waals surface area contributed by atoms with E-state index in [0.29, 0.717) is 11.6 Å². The second-order valence-corrected chi connectivity index (χ2v) is 9.63. The number of fused-ring (bicyclic) bond motifs is 1. The van der Waals surface area contributed by atoms with Crippen LogP contribution in [0, 0.1) is 19.8 Å². The predicted octanol–water partition coefficient (Wildman–Crippen LogP) is 3.40. The number of nitrogens with one attached hydrogen (secondary N) is 1. The van der Waals surface area contributed by atoms with E-state index in [4.69, 9.17) is 4.74 Å². The molecule has 1 aromatic heterocycles. The molecule has 8 nitrogen and oxygen atoms in total. The molecule has 8 heteroatoms. The first kappa shape index (κ1) is 23.0. The van der Waals surface area contributed by atoms with Gasteiger partial charge in [-0.1, -0.05) is 19.1 Å². The molecule has 2 amide bonds. The van der Waals surface area contributed by atoms with Crippen LogP contribution in [0.25, 0.3) is 0 Å². The molecular formula is C25H32N4O4. The summed E-state index contributed by atoms with van der Waals surface area (Å²) in [6.45, 7) is 8.07. The maximum Gasteiger partial charge on any atom is 0.358 e. The minimum Gasteiger partial charge on any atom is -0.464 e. The molecule has 2 aromatic rings. The molecule has 0 bridgehead atoms. The number of hydrogen-bond acceptors (Lipinski definition) is 5. The number of aryl methyl sites for hydroxylation is 1. The first-order chi connectivity index (χ1) is 15.7. The zero-order chi connectivity index (χ0) is 23.9. The molecule has 1 N–H and O–H groups in total. The minimum atomic E-state index is -1.22. The largest absolute Gasteiger partial charge is 0.464 e. The molecule has 33 heavy (non-hydrogen) atoms. The molecule has 176 valence electrons. The Bertz CT molecular complexity index is 1100. The number of ether oxygens (including phenoxy) is 1. The van der Waals surface area contributed by atoms with E-state index in [2.05, 4.69) is 17.3 Å². The number of rotatable bonds is 4. The van der Waals surface area contributed by atoms with Gasteiger partial charge in [0.05, 0.1) is 13.7 Å². The highest BCUT2D eigenvalue weighted by molar-refractivity contribution is 6.12. The predicted molar refractivity (Wildman–Crippen MR) is 124 cm³/mol. The van der Waals surface area contributed by atoms with Gasteiger partial charge in [-0.15, -0.1) is 0 Å². The zero-order valence-corrected chi connectivity index (χ0v) is 20.0. The van der Waals surface area contributed by atoms with Gasteiger partial charge in [0.2, 0.25) is 5.91 Å². The Morgan fingerprint density at radius 1 is 1.18 bits per heavy atom. The van der Waals surface area contributed by atoms with E-state index in [1.165, 1.54) is 17.9 Å². The third kappa shape index (κ3) is 4.03. The van der Waals surface area contributed by atoms with Crippen molar-refractivity contribution in [3.8, 4) is 0 Å². The standard InChI is InChI=1S/C25H32N4O4/c1-15-9-11-18(12-10-15)26-24(32)25(4)14-28-21(13-19(27-28)23(31)33-5)22(30)29(25)20-8-6-7-16(2)17(20)3/h6-8,13,15,18H,9-12,14H2,1-5H3,(H,26,32)/t15?,18?,25-/m1/s1. The van der Waals surface area contributed by atoms with Crippen molar-refractivity contribution in [3.63, 3.8) is 0 Å². The second-order valence-electron chi connectivity index (χ2n) is 9.63. The lowest BCUT2D eigenvalue weighted by atomic mass is 9.86. The van der Waals surface area contributed by atoms with Gasteiger partial charge in [0, 0.05) is 17.8 Å². The number of carbonyl (C=O) groups excluding carboxylic acids is 3. The van der Waals surface area contributed by atoms with Crippen LogP contribution in [0.2, 0.25) is 0 Å². The Labute approximate surface area is 194 Å². The van der Waals surface area contributed by atoms with Crippen LogP contribution < -0.4 is 10.2 Å². The van der Waals surface area contributed by atoms with Crippen molar-refractivity contribution >= 4 is 23.5 Å². The molecule has 0 radical (unpaired) electrons. The lowest BCUT2D eigenvalue weighted by Crippen LogP contribution is -2.65. The molecule has 4 rings (SSSR count). The van der Waals surface area contributed by atoms with Gasteiger partial charge in [0.1, 0.15) is 11.2 Å². The van der Waals surface area contributed by atoms with E-state index in [1.807, 2.05) is 32.0 Å². The molecule has 0 unspecified atom stereocenters. The van der Waals surface area contributed by atoms with Crippen molar-refractivity contribution in [2.24, 2.45) is 5.92 Å². The topological polar surface area (TPSA) is 93.5 Å². The van der Waals surface area contributed by atoms with Crippen molar-refractivity contribution in [1.82, 2.24) is 15.1 Å². The van der Waals surface area contributed by atoms with Gasteiger partial charge < -0.3 is 10.1 Å². The molecule has 1 atom stereocenters. The molecule has 2 aliphatic rings. The van der Waals surface area contributed by atoms with Gasteiger partial charge in [-0.05, 0) is 69.6 Å². The normalized spacial score (nSPS) is 24.9. The molecule has 0 spiro atoms. The van der Waals surface area contributed by atoms with Crippen LogP contribution in [-0.4, -0.2) is 46.3 Å². The molecule has 0 saturated heterocycles. The number of methoxy groups -OCH3 is 1. The van der Waals surface area contributed by atoms with E-state index in [0.717, 1.165) is 36.8 Å². The van der Waals surface area contributed by atoms with E-state index < -0.39 is 11.5 Å². The van der Waals surface area contributed by atoms with Crippen molar-refractivity contribution in [3.05, 3.63) is 46.8 Å². The first-order valence-corrected chi connectivity index (χ1v) is 11.5. The third-order valence-corrected chi connectivity index (χ3v) is 7.21. The van der Waals surface area contributed by atoms with Crippen LogP contribution in [0.1, 0.15) is 71.6 Å². The average Bonchev–Trinajstić information content (AvgIpc) is 3.21. The molecule has 1 fully saturated rings. The molecule has 1 aromatic carbocycles. The first-order valence-electron chi connectivity index (χ1n) is 11.5. The molecule has 1 saturated carbocycles. The van der Waals surface area contributed by atoms with Crippen LogP contribution in [0.15, 0.2) is 24.3 Å². The summed E-state index contributed by atoms with van der Waals surface area (Å²) in [5.74, 6) is -0.533. The maximum atomic E-state index is 13.8. The van der Waals surface area contributed by atoms with Crippen LogP contribution in [0.5, 0.6) is 0 Å². The van der Waals surface area contributed by atoms with Crippen molar-refractivity contribution < 1.29 is 19.1 Å². The van der Waals surface area contributed by atoms with Gasteiger partial charge in [-0.3, -0.25) is 19.2 Å². The zero-order valence-electron chi connectivity index (χ0n) is 20.0.